The molecule has 1 saturated carbocycles. The van der Waals surface area contributed by atoms with E-state index in [9.17, 15) is 14.7 Å². The highest BCUT2D eigenvalue weighted by Gasteiger charge is 2.32. The molecule has 5 nitrogen and oxygen atoms in total. The van der Waals surface area contributed by atoms with Gasteiger partial charge in [0.1, 0.15) is 11.5 Å². The molecule has 5 heteroatoms. The Labute approximate surface area is 150 Å². The summed E-state index contributed by atoms with van der Waals surface area (Å²) in [6.45, 7) is 2.20. The Morgan fingerprint density at radius 2 is 1.88 bits per heavy atom. The van der Waals surface area contributed by atoms with Gasteiger partial charge in [0, 0.05) is 18.8 Å². The molecule has 0 saturated heterocycles. The van der Waals surface area contributed by atoms with Gasteiger partial charge >= 0.3 is 5.97 Å². The maximum absolute atomic E-state index is 12.1. The number of carbonyl (C=O) groups is 2. The van der Waals surface area contributed by atoms with Crippen LogP contribution in [0.4, 0.5) is 0 Å². The minimum atomic E-state index is -1.52. The summed E-state index contributed by atoms with van der Waals surface area (Å²) in [6, 6.07) is 0. The molecule has 0 aromatic rings. The van der Waals surface area contributed by atoms with Crippen molar-refractivity contribution in [3.63, 3.8) is 0 Å². The number of rotatable bonds is 12. The molecule has 1 fully saturated rings. The average molecular weight is 352 g/mol. The van der Waals surface area contributed by atoms with Crippen LogP contribution in [0.1, 0.15) is 77.6 Å². The Morgan fingerprint density at radius 1 is 1.12 bits per heavy atom. The Balaban J connectivity index is 2.34. The second-order valence-corrected chi connectivity index (χ2v) is 6.90. The molecule has 1 aliphatic carbocycles. The fraction of sp³-hybridized carbons (Fsp3) is 0.700. The number of unbranched alkanes of at least 4 members (excludes halogenated alkanes) is 5. The molecule has 1 rings (SSSR count). The van der Waals surface area contributed by atoms with E-state index in [2.05, 4.69) is 19.1 Å². The standard InChI is InChI=1S/C20H32O5/c1-2-3-4-5-6-7-10-15-13-14-17(21)16(15)11-8-9-12-18(22)19(23)20(24)25/h7,10,15-16,22-23H,2-6,8-9,11-14H2,1H3,(H,24,25)/b10-7+,19-18+/t15-,16+/m0/s1. The van der Waals surface area contributed by atoms with Crippen molar-refractivity contribution in [3.8, 4) is 0 Å². The van der Waals surface area contributed by atoms with Gasteiger partial charge in [0.05, 0.1) is 0 Å². The van der Waals surface area contributed by atoms with Crippen LogP contribution in [0.5, 0.6) is 0 Å². The van der Waals surface area contributed by atoms with E-state index in [1.165, 1.54) is 25.7 Å². The Morgan fingerprint density at radius 3 is 2.56 bits per heavy atom. The van der Waals surface area contributed by atoms with Crippen molar-refractivity contribution in [2.24, 2.45) is 11.8 Å². The first-order chi connectivity index (χ1) is 12.0. The number of hydrogen-bond donors (Lipinski definition) is 3. The van der Waals surface area contributed by atoms with Gasteiger partial charge in [0.25, 0.3) is 0 Å². The molecule has 0 heterocycles. The summed E-state index contributed by atoms with van der Waals surface area (Å²) in [5.41, 5.74) is 0. The highest BCUT2D eigenvalue weighted by molar-refractivity contribution is 5.84. The Bertz CT molecular complexity index is 492. The predicted octanol–water partition coefficient (Wildman–Crippen LogP) is 5.08. The lowest BCUT2D eigenvalue weighted by Crippen LogP contribution is -2.13. The third-order valence-electron chi connectivity index (χ3n) is 4.92. The molecule has 0 bridgehead atoms. The van der Waals surface area contributed by atoms with Crippen LogP contribution in [0.3, 0.4) is 0 Å². The van der Waals surface area contributed by atoms with Gasteiger partial charge in [-0.3, -0.25) is 4.79 Å². The number of allylic oxidation sites excluding steroid dienone is 3. The topological polar surface area (TPSA) is 94.8 Å². The highest BCUT2D eigenvalue weighted by Crippen LogP contribution is 2.34. The average Bonchev–Trinajstić information content (AvgIpc) is 2.93. The summed E-state index contributed by atoms with van der Waals surface area (Å²) in [6.07, 6.45) is 14.2. The minimum Gasteiger partial charge on any atom is -0.508 e. The van der Waals surface area contributed by atoms with Gasteiger partial charge in [-0.1, -0.05) is 44.8 Å². The molecule has 3 N–H and O–H groups in total. The van der Waals surface area contributed by atoms with Crippen molar-refractivity contribution < 1.29 is 24.9 Å². The normalized spacial score (nSPS) is 21.7. The number of Topliss-reactive ketones (excluding diaryl/α,β-unsaturated/α-hetero) is 1. The van der Waals surface area contributed by atoms with Gasteiger partial charge in [-0.05, 0) is 38.0 Å². The lowest BCUT2D eigenvalue weighted by molar-refractivity contribution is -0.136. The number of carboxylic acid groups (broad SMARTS) is 1. The number of ketones is 1. The first-order valence-corrected chi connectivity index (χ1v) is 9.51. The van der Waals surface area contributed by atoms with E-state index in [1.807, 2.05) is 0 Å². The zero-order valence-corrected chi connectivity index (χ0v) is 15.2. The van der Waals surface area contributed by atoms with Crippen LogP contribution < -0.4 is 0 Å². The van der Waals surface area contributed by atoms with Crippen LogP contribution in [-0.4, -0.2) is 27.1 Å². The molecular formula is C20H32O5. The minimum absolute atomic E-state index is 0.0473. The van der Waals surface area contributed by atoms with Crippen molar-refractivity contribution >= 4 is 11.8 Å². The van der Waals surface area contributed by atoms with Crippen molar-refractivity contribution in [1.82, 2.24) is 0 Å². The monoisotopic (exact) mass is 352 g/mol. The summed E-state index contributed by atoms with van der Waals surface area (Å²) in [5, 5.41) is 27.2. The summed E-state index contributed by atoms with van der Waals surface area (Å²) < 4.78 is 0. The predicted molar refractivity (Wildman–Crippen MR) is 97.5 cm³/mol. The molecule has 0 aromatic heterocycles. The number of carboxylic acids is 1. The molecule has 0 amide bonds. The second kappa shape index (κ2) is 11.7. The van der Waals surface area contributed by atoms with Crippen LogP contribution in [0.25, 0.3) is 0 Å². The van der Waals surface area contributed by atoms with Crippen LogP contribution in [-0.2, 0) is 9.59 Å². The van der Waals surface area contributed by atoms with E-state index in [1.54, 1.807) is 0 Å². The maximum atomic E-state index is 12.1. The van der Waals surface area contributed by atoms with Crippen LogP contribution >= 0.6 is 0 Å². The number of carbonyl (C=O) groups excluding carboxylic acids is 1. The fourth-order valence-corrected chi connectivity index (χ4v) is 3.40. The summed E-state index contributed by atoms with van der Waals surface area (Å²) in [4.78, 5) is 22.6. The van der Waals surface area contributed by atoms with Crippen LogP contribution in [0, 0.1) is 11.8 Å². The van der Waals surface area contributed by atoms with Gasteiger partial charge in [0.2, 0.25) is 5.76 Å². The van der Waals surface area contributed by atoms with Gasteiger partial charge in [-0.2, -0.15) is 0 Å². The molecule has 25 heavy (non-hydrogen) atoms. The number of aliphatic hydroxyl groups is 2. The molecule has 142 valence electrons. The van der Waals surface area contributed by atoms with E-state index < -0.39 is 17.5 Å². The largest absolute Gasteiger partial charge is 0.508 e. The third-order valence-corrected chi connectivity index (χ3v) is 4.92. The smallest absolute Gasteiger partial charge is 0.374 e. The fourth-order valence-electron chi connectivity index (χ4n) is 3.40. The van der Waals surface area contributed by atoms with Crippen molar-refractivity contribution in [1.29, 1.82) is 0 Å². The summed E-state index contributed by atoms with van der Waals surface area (Å²) in [5.74, 6) is -2.32. The zero-order chi connectivity index (χ0) is 18.7. The van der Waals surface area contributed by atoms with Crippen molar-refractivity contribution in [2.75, 3.05) is 0 Å². The van der Waals surface area contributed by atoms with Gasteiger partial charge in [-0.15, -0.1) is 0 Å². The first-order valence-electron chi connectivity index (χ1n) is 9.51. The molecule has 0 aromatic carbocycles. The molecule has 0 radical (unpaired) electrons. The molecule has 1 aliphatic rings. The quantitative estimate of drug-likeness (QED) is 0.197. The molecule has 2 atom stereocenters. The SMILES string of the molecule is CCCCCC/C=C/[C@H]1CCC(=O)[C@@H]1CCCC/C(O)=C(\O)C(=O)O. The lowest BCUT2D eigenvalue weighted by Gasteiger charge is -2.14. The summed E-state index contributed by atoms with van der Waals surface area (Å²) in [7, 11) is 0. The van der Waals surface area contributed by atoms with Crippen LogP contribution in [0.15, 0.2) is 23.7 Å². The second-order valence-electron chi connectivity index (χ2n) is 6.90. The lowest BCUT2D eigenvalue weighted by atomic mass is 9.89. The van der Waals surface area contributed by atoms with Gasteiger partial charge in [0.15, 0.2) is 0 Å². The van der Waals surface area contributed by atoms with Gasteiger partial charge < -0.3 is 15.3 Å². The van der Waals surface area contributed by atoms with E-state index in [0.29, 0.717) is 24.5 Å². The number of hydrogen-bond acceptors (Lipinski definition) is 4. The molecule has 0 aliphatic heterocycles. The van der Waals surface area contributed by atoms with E-state index in [4.69, 9.17) is 10.2 Å². The maximum Gasteiger partial charge on any atom is 0.374 e. The Kier molecular flexibility index (Phi) is 9.97. The zero-order valence-electron chi connectivity index (χ0n) is 15.2. The van der Waals surface area contributed by atoms with E-state index in [-0.39, 0.29) is 12.3 Å². The number of aliphatic carboxylic acids is 1. The van der Waals surface area contributed by atoms with Crippen molar-refractivity contribution in [2.45, 2.75) is 77.6 Å². The first kappa shape index (κ1) is 21.3. The van der Waals surface area contributed by atoms with E-state index in [0.717, 1.165) is 25.7 Å². The van der Waals surface area contributed by atoms with Crippen molar-refractivity contribution in [3.05, 3.63) is 23.7 Å². The molecule has 0 unspecified atom stereocenters. The molecular weight excluding hydrogens is 320 g/mol. The number of aliphatic hydroxyl groups excluding tert-OH is 2. The Hall–Kier alpha value is -1.78. The van der Waals surface area contributed by atoms with E-state index >= 15 is 0 Å². The summed E-state index contributed by atoms with van der Waals surface area (Å²) >= 11 is 0. The third kappa shape index (κ3) is 7.76. The molecule has 0 spiro atoms. The van der Waals surface area contributed by atoms with Crippen LogP contribution in [0.2, 0.25) is 0 Å². The van der Waals surface area contributed by atoms with Gasteiger partial charge in [-0.25, -0.2) is 4.79 Å². The highest BCUT2D eigenvalue weighted by atomic mass is 16.4.